The van der Waals surface area contributed by atoms with E-state index in [1.807, 2.05) is 31.2 Å². The van der Waals surface area contributed by atoms with Gasteiger partial charge in [-0.15, -0.1) is 0 Å². The Labute approximate surface area is 78.6 Å². The second-order valence-electron chi connectivity index (χ2n) is 3.11. The van der Waals surface area contributed by atoms with Gasteiger partial charge in [-0.2, -0.15) is 0 Å². The summed E-state index contributed by atoms with van der Waals surface area (Å²) in [4.78, 5) is 0. The maximum Gasteiger partial charge on any atom is 0.209 e. The third kappa shape index (κ3) is 4.05. The molecule has 3 nitrogen and oxygen atoms in total. The van der Waals surface area contributed by atoms with Gasteiger partial charge < -0.3 is 0 Å². The van der Waals surface area contributed by atoms with Crippen molar-refractivity contribution in [1.29, 1.82) is 0 Å². The van der Waals surface area contributed by atoms with Crippen LogP contribution in [-0.4, -0.2) is 14.2 Å². The molecule has 0 aliphatic rings. The molecular formula is C9H13NO2S. The van der Waals surface area contributed by atoms with Gasteiger partial charge in [-0.1, -0.05) is 29.8 Å². The van der Waals surface area contributed by atoms with E-state index in [0.29, 0.717) is 6.42 Å². The predicted octanol–water partition coefficient (Wildman–Crippen LogP) is 0.826. The van der Waals surface area contributed by atoms with Crippen molar-refractivity contribution in [3.05, 3.63) is 35.4 Å². The highest BCUT2D eigenvalue weighted by Crippen LogP contribution is 2.04. The maximum atomic E-state index is 10.7. The molecule has 0 spiro atoms. The van der Waals surface area contributed by atoms with Gasteiger partial charge >= 0.3 is 0 Å². The molecule has 0 heterocycles. The average molecular weight is 199 g/mol. The second kappa shape index (κ2) is 3.89. The summed E-state index contributed by atoms with van der Waals surface area (Å²) in [7, 11) is -3.34. The van der Waals surface area contributed by atoms with Crippen molar-refractivity contribution >= 4 is 10.0 Å². The lowest BCUT2D eigenvalue weighted by Crippen LogP contribution is -2.17. The van der Waals surface area contributed by atoms with Crippen LogP contribution >= 0.6 is 0 Å². The molecular weight excluding hydrogens is 186 g/mol. The van der Waals surface area contributed by atoms with E-state index in [2.05, 4.69) is 0 Å². The van der Waals surface area contributed by atoms with Crippen LogP contribution in [0.15, 0.2) is 24.3 Å². The summed E-state index contributed by atoms with van der Waals surface area (Å²) in [5.41, 5.74) is 2.14. The van der Waals surface area contributed by atoms with E-state index in [1.165, 1.54) is 0 Å². The molecule has 0 unspecified atom stereocenters. The first-order chi connectivity index (χ1) is 5.97. The van der Waals surface area contributed by atoms with Crippen molar-refractivity contribution in [2.45, 2.75) is 13.3 Å². The normalized spacial score (nSPS) is 11.5. The molecule has 0 saturated carbocycles. The Morgan fingerprint density at radius 1 is 1.38 bits per heavy atom. The average Bonchev–Trinajstić information content (AvgIpc) is 2.00. The van der Waals surface area contributed by atoms with Gasteiger partial charge in [0.2, 0.25) is 10.0 Å². The molecule has 72 valence electrons. The summed E-state index contributed by atoms with van der Waals surface area (Å²) in [6.07, 6.45) is 0.487. The Morgan fingerprint density at radius 2 is 2.08 bits per heavy atom. The Kier molecular flexibility index (Phi) is 3.06. The molecule has 0 atom stereocenters. The number of nitrogens with two attached hydrogens (primary N) is 1. The van der Waals surface area contributed by atoms with E-state index in [1.54, 1.807) is 0 Å². The summed E-state index contributed by atoms with van der Waals surface area (Å²) in [6.45, 7) is 1.97. The lowest BCUT2D eigenvalue weighted by atomic mass is 10.1. The highest BCUT2D eigenvalue weighted by atomic mass is 32.2. The minimum atomic E-state index is -3.34. The van der Waals surface area contributed by atoms with Crippen molar-refractivity contribution in [2.75, 3.05) is 5.75 Å². The highest BCUT2D eigenvalue weighted by Gasteiger charge is 2.02. The molecule has 0 aliphatic heterocycles. The number of sulfonamides is 1. The van der Waals surface area contributed by atoms with Gasteiger partial charge in [0.1, 0.15) is 0 Å². The summed E-state index contributed by atoms with van der Waals surface area (Å²) in [5, 5.41) is 4.89. The first-order valence-corrected chi connectivity index (χ1v) is 5.75. The molecule has 0 aliphatic carbocycles. The molecule has 13 heavy (non-hydrogen) atoms. The Bertz CT molecular complexity index is 384. The monoisotopic (exact) mass is 199 g/mol. The number of primary sulfonamides is 1. The van der Waals surface area contributed by atoms with Crippen LogP contribution in [0.2, 0.25) is 0 Å². The van der Waals surface area contributed by atoms with Crippen LogP contribution in [0, 0.1) is 6.92 Å². The molecule has 0 amide bonds. The van der Waals surface area contributed by atoms with E-state index in [-0.39, 0.29) is 5.75 Å². The van der Waals surface area contributed by atoms with Crippen LogP contribution in [0.1, 0.15) is 11.1 Å². The third-order valence-electron chi connectivity index (χ3n) is 1.76. The Hall–Kier alpha value is -0.870. The van der Waals surface area contributed by atoms with Crippen molar-refractivity contribution < 1.29 is 8.42 Å². The fourth-order valence-electron chi connectivity index (χ4n) is 1.13. The van der Waals surface area contributed by atoms with Crippen LogP contribution in [0.3, 0.4) is 0 Å². The highest BCUT2D eigenvalue weighted by molar-refractivity contribution is 7.89. The van der Waals surface area contributed by atoms with E-state index >= 15 is 0 Å². The third-order valence-corrected chi connectivity index (χ3v) is 2.53. The smallest absolute Gasteiger partial charge is 0.209 e. The summed E-state index contributed by atoms with van der Waals surface area (Å²) in [5.74, 6) is 0.0104. The molecule has 1 aromatic rings. The lowest BCUT2D eigenvalue weighted by Gasteiger charge is -2.00. The van der Waals surface area contributed by atoms with Crippen molar-refractivity contribution in [1.82, 2.24) is 0 Å². The quantitative estimate of drug-likeness (QED) is 0.783. The molecule has 1 rings (SSSR count). The van der Waals surface area contributed by atoms with Gasteiger partial charge in [-0.25, -0.2) is 13.6 Å². The molecule has 0 aromatic heterocycles. The molecule has 0 fully saturated rings. The minimum Gasteiger partial charge on any atom is -0.229 e. The van der Waals surface area contributed by atoms with Crippen LogP contribution in [0.5, 0.6) is 0 Å². The van der Waals surface area contributed by atoms with Gasteiger partial charge in [0.15, 0.2) is 0 Å². The maximum absolute atomic E-state index is 10.7. The van der Waals surface area contributed by atoms with E-state index in [4.69, 9.17) is 5.14 Å². The topological polar surface area (TPSA) is 60.2 Å². The number of rotatable bonds is 3. The zero-order valence-corrected chi connectivity index (χ0v) is 8.34. The minimum absolute atomic E-state index is 0.0104. The number of aryl methyl sites for hydroxylation is 2. The first-order valence-electron chi connectivity index (χ1n) is 4.03. The van der Waals surface area contributed by atoms with Crippen LogP contribution in [0.25, 0.3) is 0 Å². The zero-order chi connectivity index (χ0) is 9.90. The summed E-state index contributed by atoms with van der Waals surface area (Å²) < 4.78 is 21.3. The van der Waals surface area contributed by atoms with Crippen molar-refractivity contribution in [2.24, 2.45) is 5.14 Å². The van der Waals surface area contributed by atoms with Gasteiger partial charge in [-0.3, -0.25) is 0 Å². The number of hydrogen-bond acceptors (Lipinski definition) is 2. The van der Waals surface area contributed by atoms with E-state index < -0.39 is 10.0 Å². The Balaban J connectivity index is 2.65. The molecule has 0 bridgehead atoms. The van der Waals surface area contributed by atoms with E-state index in [0.717, 1.165) is 11.1 Å². The van der Waals surface area contributed by atoms with Gasteiger partial charge in [0.25, 0.3) is 0 Å². The van der Waals surface area contributed by atoms with Crippen molar-refractivity contribution in [3.63, 3.8) is 0 Å². The second-order valence-corrected chi connectivity index (χ2v) is 4.84. The van der Waals surface area contributed by atoms with Crippen LogP contribution < -0.4 is 5.14 Å². The molecule has 0 saturated heterocycles. The standard InChI is InChI=1S/C9H13NO2S/c1-8-3-2-4-9(7-8)5-6-13(10,11)12/h2-4,7H,5-6H2,1H3,(H2,10,11,12). The predicted molar refractivity (Wildman–Crippen MR) is 52.9 cm³/mol. The molecule has 0 radical (unpaired) electrons. The fourth-order valence-corrected chi connectivity index (χ4v) is 1.65. The first kappa shape index (κ1) is 10.2. The summed E-state index contributed by atoms with van der Waals surface area (Å²) in [6, 6.07) is 7.75. The van der Waals surface area contributed by atoms with Gasteiger partial charge in [0.05, 0.1) is 5.75 Å². The molecule has 2 N–H and O–H groups in total. The number of hydrogen-bond donors (Lipinski definition) is 1. The zero-order valence-electron chi connectivity index (χ0n) is 7.53. The van der Waals surface area contributed by atoms with E-state index in [9.17, 15) is 8.42 Å². The molecule has 4 heteroatoms. The van der Waals surface area contributed by atoms with Crippen LogP contribution in [-0.2, 0) is 16.4 Å². The SMILES string of the molecule is Cc1cccc(CCS(N)(=O)=O)c1. The number of benzene rings is 1. The lowest BCUT2D eigenvalue weighted by molar-refractivity contribution is 0.597. The van der Waals surface area contributed by atoms with Gasteiger partial charge in [-0.05, 0) is 18.9 Å². The largest absolute Gasteiger partial charge is 0.229 e. The summed E-state index contributed by atoms with van der Waals surface area (Å²) >= 11 is 0. The molecule has 1 aromatic carbocycles. The van der Waals surface area contributed by atoms with Crippen molar-refractivity contribution in [3.8, 4) is 0 Å². The van der Waals surface area contributed by atoms with Gasteiger partial charge in [0, 0.05) is 0 Å². The van der Waals surface area contributed by atoms with Crippen LogP contribution in [0.4, 0.5) is 0 Å². The fraction of sp³-hybridized carbons (Fsp3) is 0.333. The Morgan fingerprint density at radius 3 is 2.62 bits per heavy atom.